The third-order valence-electron chi connectivity index (χ3n) is 4.92. The van der Waals surface area contributed by atoms with Gasteiger partial charge in [-0.2, -0.15) is 0 Å². The molecule has 2 heterocycles. The Kier molecular flexibility index (Phi) is 3.69. The molecule has 1 aromatic heterocycles. The van der Waals surface area contributed by atoms with E-state index in [-0.39, 0.29) is 18.1 Å². The maximum Gasteiger partial charge on any atom is 0.315 e. The SMILES string of the molecule is O=C1NC2CCC(c3c(Cl)cccc3-c3cccnc3)CC2N1. The molecule has 1 saturated carbocycles. The van der Waals surface area contributed by atoms with Gasteiger partial charge in [-0.25, -0.2) is 4.79 Å². The lowest BCUT2D eigenvalue weighted by Gasteiger charge is -2.32. The van der Waals surface area contributed by atoms with Gasteiger partial charge >= 0.3 is 6.03 Å². The van der Waals surface area contributed by atoms with Gasteiger partial charge in [-0.3, -0.25) is 4.98 Å². The third kappa shape index (κ3) is 2.68. The van der Waals surface area contributed by atoms with Crippen LogP contribution >= 0.6 is 11.6 Å². The molecule has 4 rings (SSSR count). The molecular formula is C18H18ClN3O. The molecule has 0 bridgehead atoms. The summed E-state index contributed by atoms with van der Waals surface area (Å²) in [6.07, 6.45) is 6.57. The molecule has 1 aliphatic carbocycles. The van der Waals surface area contributed by atoms with Gasteiger partial charge in [0.25, 0.3) is 0 Å². The minimum atomic E-state index is -0.0488. The number of fused-ring (bicyclic) bond motifs is 1. The second-order valence-corrected chi connectivity index (χ2v) is 6.69. The predicted octanol–water partition coefficient (Wildman–Crippen LogP) is 3.72. The van der Waals surface area contributed by atoms with Crippen molar-refractivity contribution in [3.63, 3.8) is 0 Å². The highest BCUT2D eigenvalue weighted by atomic mass is 35.5. The summed E-state index contributed by atoms with van der Waals surface area (Å²) >= 11 is 6.56. The van der Waals surface area contributed by atoms with E-state index >= 15 is 0 Å². The molecule has 1 aromatic carbocycles. The van der Waals surface area contributed by atoms with E-state index in [1.807, 2.05) is 24.4 Å². The van der Waals surface area contributed by atoms with E-state index in [4.69, 9.17) is 11.6 Å². The van der Waals surface area contributed by atoms with Crippen molar-refractivity contribution in [2.45, 2.75) is 37.3 Å². The number of carbonyl (C=O) groups excluding carboxylic acids is 1. The van der Waals surface area contributed by atoms with Crippen molar-refractivity contribution in [3.8, 4) is 11.1 Å². The number of pyridine rings is 1. The lowest BCUT2D eigenvalue weighted by Crippen LogP contribution is -2.39. The molecule has 2 aromatic rings. The van der Waals surface area contributed by atoms with Crippen molar-refractivity contribution in [1.82, 2.24) is 15.6 Å². The topological polar surface area (TPSA) is 54.0 Å². The summed E-state index contributed by atoms with van der Waals surface area (Å²) in [5.74, 6) is 0.348. The molecule has 0 radical (unpaired) electrons. The number of amides is 2. The number of carbonyl (C=O) groups is 1. The number of urea groups is 1. The highest BCUT2D eigenvalue weighted by Crippen LogP contribution is 2.42. The zero-order valence-corrected chi connectivity index (χ0v) is 13.4. The van der Waals surface area contributed by atoms with Crippen molar-refractivity contribution in [3.05, 3.63) is 53.3 Å². The molecule has 4 nitrogen and oxygen atoms in total. The molecule has 1 aliphatic heterocycles. The molecular weight excluding hydrogens is 310 g/mol. The van der Waals surface area contributed by atoms with Crippen LogP contribution in [0.4, 0.5) is 4.79 Å². The van der Waals surface area contributed by atoms with E-state index in [1.54, 1.807) is 6.20 Å². The van der Waals surface area contributed by atoms with Gasteiger partial charge in [-0.1, -0.05) is 29.8 Å². The number of aromatic nitrogens is 1. The second kappa shape index (κ2) is 5.85. The van der Waals surface area contributed by atoms with Gasteiger partial charge < -0.3 is 10.6 Å². The van der Waals surface area contributed by atoms with Crippen molar-refractivity contribution in [2.75, 3.05) is 0 Å². The van der Waals surface area contributed by atoms with Crippen LogP contribution in [0, 0.1) is 0 Å². The highest BCUT2D eigenvalue weighted by molar-refractivity contribution is 6.31. The van der Waals surface area contributed by atoms with Gasteiger partial charge in [0.2, 0.25) is 0 Å². The molecule has 2 fully saturated rings. The van der Waals surface area contributed by atoms with Gasteiger partial charge in [0.05, 0.1) is 12.1 Å². The lowest BCUT2D eigenvalue weighted by atomic mass is 9.77. The number of hydrogen-bond donors (Lipinski definition) is 2. The van der Waals surface area contributed by atoms with Crippen LogP contribution in [0.15, 0.2) is 42.7 Å². The van der Waals surface area contributed by atoms with E-state index in [0.717, 1.165) is 35.4 Å². The first-order chi connectivity index (χ1) is 11.2. The number of rotatable bonds is 2. The molecule has 3 atom stereocenters. The first-order valence-corrected chi connectivity index (χ1v) is 8.36. The molecule has 2 amide bonds. The molecule has 1 saturated heterocycles. The maximum absolute atomic E-state index is 11.6. The van der Waals surface area contributed by atoms with Crippen LogP contribution in [-0.2, 0) is 0 Å². The minimum absolute atomic E-state index is 0.0488. The Morgan fingerprint density at radius 2 is 1.96 bits per heavy atom. The molecule has 3 unspecified atom stereocenters. The number of hydrogen-bond acceptors (Lipinski definition) is 2. The van der Waals surface area contributed by atoms with Crippen molar-refractivity contribution < 1.29 is 4.79 Å². The van der Waals surface area contributed by atoms with Crippen molar-refractivity contribution in [2.24, 2.45) is 0 Å². The molecule has 23 heavy (non-hydrogen) atoms. The van der Waals surface area contributed by atoms with Gasteiger partial charge in [0.1, 0.15) is 0 Å². The lowest BCUT2D eigenvalue weighted by molar-refractivity contribution is 0.247. The maximum atomic E-state index is 11.6. The standard InChI is InChI=1S/C18H18ClN3O/c19-14-5-1-4-13(12-3-2-8-20-10-12)17(14)11-6-7-15-16(9-11)22-18(23)21-15/h1-5,8,10-11,15-16H,6-7,9H2,(H2,21,22,23). The number of nitrogens with one attached hydrogen (secondary N) is 2. The summed E-state index contributed by atoms with van der Waals surface area (Å²) in [5.41, 5.74) is 3.41. The number of benzene rings is 1. The van der Waals surface area contributed by atoms with Gasteiger partial charge in [0, 0.05) is 23.0 Å². The van der Waals surface area contributed by atoms with Crippen LogP contribution in [0.2, 0.25) is 5.02 Å². The second-order valence-electron chi connectivity index (χ2n) is 6.28. The first-order valence-electron chi connectivity index (χ1n) is 7.98. The van der Waals surface area contributed by atoms with Crippen LogP contribution in [0.1, 0.15) is 30.7 Å². The Morgan fingerprint density at radius 1 is 1.09 bits per heavy atom. The summed E-state index contributed by atoms with van der Waals surface area (Å²) in [6, 6.07) is 10.4. The molecule has 0 spiro atoms. The first kappa shape index (κ1) is 14.5. The van der Waals surface area contributed by atoms with Crippen molar-refractivity contribution >= 4 is 17.6 Å². The van der Waals surface area contributed by atoms with Crippen molar-refractivity contribution in [1.29, 1.82) is 0 Å². The molecule has 118 valence electrons. The molecule has 5 heteroatoms. The Labute approximate surface area is 140 Å². The van der Waals surface area contributed by atoms with E-state index < -0.39 is 0 Å². The van der Waals surface area contributed by atoms with E-state index in [1.165, 1.54) is 5.56 Å². The fourth-order valence-corrected chi connectivity index (χ4v) is 4.20. The van der Waals surface area contributed by atoms with Crippen LogP contribution in [0.25, 0.3) is 11.1 Å². The Hall–Kier alpha value is -2.07. The van der Waals surface area contributed by atoms with Crippen LogP contribution < -0.4 is 10.6 Å². The zero-order chi connectivity index (χ0) is 15.8. The summed E-state index contributed by atoms with van der Waals surface area (Å²) in [4.78, 5) is 15.8. The monoisotopic (exact) mass is 327 g/mol. The summed E-state index contributed by atoms with van der Waals surface area (Å²) < 4.78 is 0. The summed E-state index contributed by atoms with van der Waals surface area (Å²) in [7, 11) is 0. The van der Waals surface area contributed by atoms with Crippen LogP contribution in [0.5, 0.6) is 0 Å². The summed E-state index contributed by atoms with van der Waals surface area (Å²) in [5, 5.41) is 6.82. The zero-order valence-electron chi connectivity index (χ0n) is 12.6. The van der Waals surface area contributed by atoms with Gasteiger partial charge in [-0.15, -0.1) is 0 Å². The van der Waals surface area contributed by atoms with E-state index in [2.05, 4.69) is 27.8 Å². The highest BCUT2D eigenvalue weighted by Gasteiger charge is 2.38. The number of nitrogens with zero attached hydrogens (tertiary/aromatic N) is 1. The fraction of sp³-hybridized carbons (Fsp3) is 0.333. The van der Waals surface area contributed by atoms with Crippen LogP contribution in [0.3, 0.4) is 0 Å². The average molecular weight is 328 g/mol. The van der Waals surface area contributed by atoms with Gasteiger partial charge in [0.15, 0.2) is 0 Å². The fourth-order valence-electron chi connectivity index (χ4n) is 3.87. The normalized spacial score (nSPS) is 26.3. The predicted molar refractivity (Wildman–Crippen MR) is 90.5 cm³/mol. The van der Waals surface area contributed by atoms with Crippen LogP contribution in [-0.4, -0.2) is 23.1 Å². The smallest absolute Gasteiger partial charge is 0.315 e. The van der Waals surface area contributed by atoms with E-state index in [0.29, 0.717) is 5.92 Å². The quantitative estimate of drug-likeness (QED) is 0.883. The Bertz CT molecular complexity index is 734. The van der Waals surface area contributed by atoms with E-state index in [9.17, 15) is 4.79 Å². The largest absolute Gasteiger partial charge is 0.333 e. The van der Waals surface area contributed by atoms with Gasteiger partial charge in [-0.05, 0) is 48.4 Å². The summed E-state index contributed by atoms with van der Waals surface area (Å²) in [6.45, 7) is 0. The number of halogens is 1. The molecule has 2 N–H and O–H groups in total. The Balaban J connectivity index is 1.70. The Morgan fingerprint density at radius 3 is 2.78 bits per heavy atom. The third-order valence-corrected chi connectivity index (χ3v) is 5.25. The molecule has 2 aliphatic rings. The average Bonchev–Trinajstić information content (AvgIpc) is 2.94. The minimum Gasteiger partial charge on any atom is -0.333 e.